The smallest absolute Gasteiger partial charge is 0.327 e. The van der Waals surface area contributed by atoms with Gasteiger partial charge in [0.1, 0.15) is 11.9 Å². The molecule has 0 aromatic heterocycles. The summed E-state index contributed by atoms with van der Waals surface area (Å²) in [5.74, 6) is -3.96. The highest BCUT2D eigenvalue weighted by Crippen LogP contribution is 2.28. The van der Waals surface area contributed by atoms with Gasteiger partial charge in [-0.15, -0.1) is 12.4 Å². The van der Waals surface area contributed by atoms with Gasteiger partial charge in [-0.25, -0.2) is 8.78 Å². The third kappa shape index (κ3) is 2.59. The molecule has 0 aliphatic rings. The van der Waals surface area contributed by atoms with Crippen molar-refractivity contribution in [2.24, 2.45) is 5.73 Å². The van der Waals surface area contributed by atoms with E-state index in [4.69, 9.17) is 5.73 Å². The van der Waals surface area contributed by atoms with Gasteiger partial charge >= 0.3 is 5.97 Å². The Hall–Kier alpha value is -1.40. The average Bonchev–Trinajstić information content (AvgIpc) is 2.22. The summed E-state index contributed by atoms with van der Waals surface area (Å²) in [5.41, 5.74) is 4.67. The van der Waals surface area contributed by atoms with Gasteiger partial charge < -0.3 is 15.6 Å². The SMILES string of the molecule is COC(=O)[C@H](N)c1c(F)ccc(F)c1O.Cl. The molecular formula is C9H10ClF2NO3. The van der Waals surface area contributed by atoms with Crippen molar-refractivity contribution < 1.29 is 23.4 Å². The number of rotatable bonds is 2. The number of hydrogen-bond donors (Lipinski definition) is 2. The Morgan fingerprint density at radius 3 is 2.44 bits per heavy atom. The van der Waals surface area contributed by atoms with E-state index < -0.39 is 35.0 Å². The van der Waals surface area contributed by atoms with Crippen molar-refractivity contribution in [3.8, 4) is 5.75 Å². The molecule has 0 saturated heterocycles. The largest absolute Gasteiger partial charge is 0.505 e. The second-order valence-corrected chi connectivity index (χ2v) is 2.79. The molecule has 16 heavy (non-hydrogen) atoms. The van der Waals surface area contributed by atoms with Crippen LogP contribution in [-0.4, -0.2) is 18.2 Å². The van der Waals surface area contributed by atoms with Crippen LogP contribution in [0.1, 0.15) is 11.6 Å². The predicted octanol–water partition coefficient (Wildman–Crippen LogP) is 1.26. The van der Waals surface area contributed by atoms with Crippen molar-refractivity contribution in [2.45, 2.75) is 6.04 Å². The van der Waals surface area contributed by atoms with Crippen molar-refractivity contribution in [1.82, 2.24) is 0 Å². The van der Waals surface area contributed by atoms with E-state index in [1.54, 1.807) is 0 Å². The molecule has 0 saturated carbocycles. The van der Waals surface area contributed by atoms with E-state index in [9.17, 15) is 18.7 Å². The second kappa shape index (κ2) is 5.62. The number of esters is 1. The van der Waals surface area contributed by atoms with Gasteiger partial charge in [0.2, 0.25) is 0 Å². The van der Waals surface area contributed by atoms with Gasteiger partial charge in [0.25, 0.3) is 0 Å². The Morgan fingerprint density at radius 2 is 1.94 bits per heavy atom. The molecular weight excluding hydrogens is 244 g/mol. The first-order chi connectivity index (χ1) is 6.99. The number of phenolic OH excluding ortho intramolecular Hbond substituents is 1. The number of carbonyl (C=O) groups is 1. The molecule has 1 aromatic carbocycles. The topological polar surface area (TPSA) is 72.5 Å². The van der Waals surface area contributed by atoms with Gasteiger partial charge in [-0.1, -0.05) is 0 Å². The normalized spacial score (nSPS) is 11.5. The minimum Gasteiger partial charge on any atom is -0.505 e. The fourth-order valence-corrected chi connectivity index (χ4v) is 1.10. The first-order valence-electron chi connectivity index (χ1n) is 3.99. The highest BCUT2D eigenvalue weighted by molar-refractivity contribution is 5.85. The molecule has 0 heterocycles. The molecule has 0 fully saturated rings. The third-order valence-electron chi connectivity index (χ3n) is 1.88. The van der Waals surface area contributed by atoms with Crippen LogP contribution >= 0.6 is 12.4 Å². The zero-order valence-electron chi connectivity index (χ0n) is 8.24. The summed E-state index contributed by atoms with van der Waals surface area (Å²) in [6, 6.07) is -0.0450. The van der Waals surface area contributed by atoms with Crippen molar-refractivity contribution >= 4 is 18.4 Å². The Kier molecular flexibility index (Phi) is 5.13. The first-order valence-corrected chi connectivity index (χ1v) is 3.99. The first kappa shape index (κ1) is 14.6. The van der Waals surface area contributed by atoms with Crippen molar-refractivity contribution in [1.29, 1.82) is 0 Å². The molecule has 0 radical (unpaired) electrons. The molecule has 0 spiro atoms. The molecule has 0 amide bonds. The minimum atomic E-state index is -1.55. The monoisotopic (exact) mass is 253 g/mol. The molecule has 1 atom stereocenters. The van der Waals surface area contributed by atoms with Gasteiger partial charge in [-0.2, -0.15) is 0 Å². The van der Waals surface area contributed by atoms with Crippen molar-refractivity contribution in [3.63, 3.8) is 0 Å². The van der Waals surface area contributed by atoms with E-state index in [-0.39, 0.29) is 12.4 Å². The fourth-order valence-electron chi connectivity index (χ4n) is 1.10. The van der Waals surface area contributed by atoms with Gasteiger partial charge in [-0.3, -0.25) is 4.79 Å². The molecule has 0 aliphatic carbocycles. The fraction of sp³-hybridized carbons (Fsp3) is 0.222. The summed E-state index contributed by atoms with van der Waals surface area (Å²) in [5, 5.41) is 9.19. The van der Waals surface area contributed by atoms with E-state index in [1.165, 1.54) is 0 Å². The quantitative estimate of drug-likeness (QED) is 0.779. The Morgan fingerprint density at radius 1 is 1.44 bits per heavy atom. The van der Waals surface area contributed by atoms with Crippen LogP contribution in [0.3, 0.4) is 0 Å². The van der Waals surface area contributed by atoms with E-state index in [0.717, 1.165) is 19.2 Å². The van der Waals surface area contributed by atoms with Gasteiger partial charge in [0.15, 0.2) is 11.6 Å². The summed E-state index contributed by atoms with van der Waals surface area (Å²) in [6.45, 7) is 0. The number of benzene rings is 1. The number of nitrogens with two attached hydrogens (primary N) is 1. The maximum atomic E-state index is 13.2. The van der Waals surface area contributed by atoms with Crippen LogP contribution in [0.2, 0.25) is 0 Å². The van der Waals surface area contributed by atoms with E-state index in [2.05, 4.69) is 4.74 Å². The van der Waals surface area contributed by atoms with E-state index in [0.29, 0.717) is 0 Å². The minimum absolute atomic E-state index is 0. The number of ether oxygens (including phenoxy) is 1. The van der Waals surface area contributed by atoms with Crippen LogP contribution in [0.25, 0.3) is 0 Å². The molecule has 3 N–H and O–H groups in total. The Bertz CT molecular complexity index is 401. The number of carbonyl (C=O) groups excluding carboxylic acids is 1. The van der Waals surface area contributed by atoms with Crippen LogP contribution in [0.4, 0.5) is 8.78 Å². The number of halogens is 3. The van der Waals surface area contributed by atoms with Crippen molar-refractivity contribution in [2.75, 3.05) is 7.11 Å². The summed E-state index contributed by atoms with van der Waals surface area (Å²) in [4.78, 5) is 11.0. The lowest BCUT2D eigenvalue weighted by Gasteiger charge is -2.12. The molecule has 7 heteroatoms. The Balaban J connectivity index is 0.00000225. The molecule has 0 unspecified atom stereocenters. The highest BCUT2D eigenvalue weighted by atomic mass is 35.5. The second-order valence-electron chi connectivity index (χ2n) is 2.79. The highest BCUT2D eigenvalue weighted by Gasteiger charge is 2.25. The molecule has 0 bridgehead atoms. The lowest BCUT2D eigenvalue weighted by Crippen LogP contribution is -2.24. The van der Waals surface area contributed by atoms with Gasteiger partial charge in [0, 0.05) is 0 Å². The van der Waals surface area contributed by atoms with Gasteiger partial charge in [0.05, 0.1) is 12.7 Å². The number of aromatic hydroxyl groups is 1. The standard InChI is InChI=1S/C9H9F2NO3.ClH/c1-15-9(14)7(12)6-4(10)2-3-5(11)8(6)13;/h2-3,7,13H,12H2,1H3;1H/t7-;/m1./s1. The summed E-state index contributed by atoms with van der Waals surface area (Å²) >= 11 is 0. The molecule has 1 aromatic rings. The molecule has 0 aliphatic heterocycles. The van der Waals surface area contributed by atoms with Crippen LogP contribution < -0.4 is 5.73 Å². The Labute approximate surface area is 96.4 Å². The number of methoxy groups -OCH3 is 1. The average molecular weight is 254 g/mol. The van der Waals surface area contributed by atoms with Crippen LogP contribution in [-0.2, 0) is 9.53 Å². The molecule has 4 nitrogen and oxygen atoms in total. The maximum absolute atomic E-state index is 13.2. The zero-order chi connectivity index (χ0) is 11.6. The molecule has 1 rings (SSSR count). The zero-order valence-corrected chi connectivity index (χ0v) is 9.05. The number of hydrogen-bond acceptors (Lipinski definition) is 4. The van der Waals surface area contributed by atoms with Gasteiger partial charge in [-0.05, 0) is 12.1 Å². The number of phenols is 1. The van der Waals surface area contributed by atoms with Crippen molar-refractivity contribution in [3.05, 3.63) is 29.3 Å². The summed E-state index contributed by atoms with van der Waals surface area (Å²) < 4.78 is 30.3. The summed E-state index contributed by atoms with van der Waals surface area (Å²) in [7, 11) is 1.05. The van der Waals surface area contributed by atoms with Crippen LogP contribution in [0.15, 0.2) is 12.1 Å². The lowest BCUT2D eigenvalue weighted by atomic mass is 10.1. The third-order valence-corrected chi connectivity index (χ3v) is 1.88. The van der Waals surface area contributed by atoms with E-state index in [1.807, 2.05) is 0 Å². The van der Waals surface area contributed by atoms with E-state index >= 15 is 0 Å². The van der Waals surface area contributed by atoms with Crippen LogP contribution in [0, 0.1) is 11.6 Å². The van der Waals surface area contributed by atoms with Crippen LogP contribution in [0.5, 0.6) is 5.75 Å². The maximum Gasteiger partial charge on any atom is 0.327 e. The lowest BCUT2D eigenvalue weighted by molar-refractivity contribution is -0.142. The predicted molar refractivity (Wildman–Crippen MR) is 54.2 cm³/mol. The molecule has 90 valence electrons. The summed E-state index contributed by atoms with van der Waals surface area (Å²) in [6.07, 6.45) is 0.